The highest BCUT2D eigenvalue weighted by Gasteiger charge is 2.16. The van der Waals surface area contributed by atoms with E-state index in [1.165, 1.54) is 0 Å². The van der Waals surface area contributed by atoms with Crippen LogP contribution < -0.4 is 0 Å². The lowest BCUT2D eigenvalue weighted by atomic mass is 10.1. The summed E-state index contributed by atoms with van der Waals surface area (Å²) >= 11 is 0. The number of hydrogen-bond acceptors (Lipinski definition) is 5. The van der Waals surface area contributed by atoms with E-state index < -0.39 is 18.0 Å². The predicted octanol–water partition coefficient (Wildman–Crippen LogP) is 1.10. The third-order valence-corrected chi connectivity index (χ3v) is 2.26. The van der Waals surface area contributed by atoms with Gasteiger partial charge in [0.15, 0.2) is 0 Å². The van der Waals surface area contributed by atoms with Gasteiger partial charge in [0.2, 0.25) is 0 Å². The van der Waals surface area contributed by atoms with E-state index in [1.54, 1.807) is 6.92 Å². The Balaban J connectivity index is 4.10. The molecule has 0 fully saturated rings. The molecule has 0 aliphatic rings. The smallest absolute Gasteiger partial charge is 0.341 e. The fourth-order valence-electron chi connectivity index (χ4n) is 1.11. The average molecular weight is 256 g/mol. The maximum absolute atomic E-state index is 11.4. The minimum atomic E-state index is -0.800. The summed E-state index contributed by atoms with van der Waals surface area (Å²) in [5, 5.41) is 17.6. The van der Waals surface area contributed by atoms with Crippen molar-refractivity contribution in [3.63, 3.8) is 0 Å². The standard InChI is InChI=1S/C13H20O5/c1-9(5-4-8-14)12(16)18-13(17)10(2)6-7-11(3)15/h11,14-15H,1-2,4-8H2,3H3. The summed E-state index contributed by atoms with van der Waals surface area (Å²) in [6, 6.07) is 0. The van der Waals surface area contributed by atoms with Crippen molar-refractivity contribution in [2.45, 2.75) is 38.7 Å². The van der Waals surface area contributed by atoms with Crippen LogP contribution in [0.2, 0.25) is 0 Å². The molecular formula is C13H20O5. The maximum atomic E-state index is 11.4. The minimum absolute atomic E-state index is 0.0542. The molecule has 0 aromatic carbocycles. The number of ether oxygens (including phenoxy) is 1. The second-order valence-corrected chi connectivity index (χ2v) is 4.10. The topological polar surface area (TPSA) is 83.8 Å². The largest absolute Gasteiger partial charge is 0.396 e. The molecule has 0 radical (unpaired) electrons. The Labute approximate surface area is 107 Å². The monoisotopic (exact) mass is 256 g/mol. The van der Waals surface area contributed by atoms with Crippen molar-refractivity contribution in [1.29, 1.82) is 0 Å². The molecule has 1 unspecified atom stereocenters. The Morgan fingerprint density at radius 1 is 1.17 bits per heavy atom. The van der Waals surface area contributed by atoms with Gasteiger partial charge in [0.05, 0.1) is 6.10 Å². The SMILES string of the molecule is C=C(CCCO)C(=O)OC(=O)C(=C)CCC(C)O. The molecule has 0 aromatic rings. The van der Waals surface area contributed by atoms with Crippen LogP contribution in [0.3, 0.4) is 0 Å². The molecule has 0 rings (SSSR count). The minimum Gasteiger partial charge on any atom is -0.396 e. The number of carbonyl (C=O) groups excluding carboxylic acids is 2. The van der Waals surface area contributed by atoms with Crippen molar-refractivity contribution < 1.29 is 24.5 Å². The van der Waals surface area contributed by atoms with Gasteiger partial charge in [-0.1, -0.05) is 13.2 Å². The third kappa shape index (κ3) is 6.98. The molecule has 0 amide bonds. The summed E-state index contributed by atoms with van der Waals surface area (Å²) in [5.74, 6) is -1.60. The Hall–Kier alpha value is -1.46. The Morgan fingerprint density at radius 2 is 1.67 bits per heavy atom. The molecule has 5 nitrogen and oxygen atoms in total. The van der Waals surface area contributed by atoms with E-state index in [4.69, 9.17) is 10.2 Å². The van der Waals surface area contributed by atoms with Crippen LogP contribution in [0.4, 0.5) is 0 Å². The molecule has 0 aliphatic heterocycles. The van der Waals surface area contributed by atoms with Gasteiger partial charge in [-0.3, -0.25) is 0 Å². The molecule has 0 saturated carbocycles. The normalized spacial score (nSPS) is 11.7. The molecule has 0 heterocycles. The molecule has 18 heavy (non-hydrogen) atoms. The number of esters is 2. The Bertz CT molecular complexity index is 330. The first-order valence-corrected chi connectivity index (χ1v) is 5.79. The zero-order valence-electron chi connectivity index (χ0n) is 10.6. The summed E-state index contributed by atoms with van der Waals surface area (Å²) in [6.45, 7) is 8.51. The number of rotatable bonds is 8. The first-order chi connectivity index (χ1) is 8.38. The Kier molecular flexibility index (Phi) is 7.91. The number of hydrogen-bond donors (Lipinski definition) is 2. The van der Waals surface area contributed by atoms with Crippen molar-refractivity contribution in [1.82, 2.24) is 0 Å². The fourth-order valence-corrected chi connectivity index (χ4v) is 1.11. The summed E-state index contributed by atoms with van der Waals surface area (Å²) in [7, 11) is 0. The van der Waals surface area contributed by atoms with Crippen molar-refractivity contribution in [2.75, 3.05) is 6.61 Å². The van der Waals surface area contributed by atoms with Gasteiger partial charge in [-0.15, -0.1) is 0 Å². The van der Waals surface area contributed by atoms with Crippen molar-refractivity contribution in [2.24, 2.45) is 0 Å². The molecule has 102 valence electrons. The van der Waals surface area contributed by atoms with Crippen LogP contribution >= 0.6 is 0 Å². The van der Waals surface area contributed by atoms with E-state index in [1.807, 2.05) is 0 Å². The van der Waals surface area contributed by atoms with Crippen LogP contribution in [0.5, 0.6) is 0 Å². The van der Waals surface area contributed by atoms with Crippen LogP contribution in [0.1, 0.15) is 32.6 Å². The van der Waals surface area contributed by atoms with E-state index in [0.29, 0.717) is 12.8 Å². The van der Waals surface area contributed by atoms with Crippen LogP contribution in [0.25, 0.3) is 0 Å². The lowest BCUT2D eigenvalue weighted by Gasteiger charge is -2.08. The highest BCUT2D eigenvalue weighted by atomic mass is 16.6. The van der Waals surface area contributed by atoms with Gasteiger partial charge < -0.3 is 14.9 Å². The second-order valence-electron chi connectivity index (χ2n) is 4.10. The molecule has 1 atom stereocenters. The van der Waals surface area contributed by atoms with Crippen molar-refractivity contribution in [3.8, 4) is 0 Å². The first kappa shape index (κ1) is 16.5. The van der Waals surface area contributed by atoms with Gasteiger partial charge in [-0.25, -0.2) is 9.59 Å². The molecule has 5 heteroatoms. The molecule has 0 aliphatic carbocycles. The van der Waals surface area contributed by atoms with Crippen LogP contribution in [-0.4, -0.2) is 34.9 Å². The van der Waals surface area contributed by atoms with Gasteiger partial charge in [0, 0.05) is 17.8 Å². The maximum Gasteiger partial charge on any atom is 0.341 e. The molecule has 0 bridgehead atoms. The lowest BCUT2D eigenvalue weighted by Crippen LogP contribution is -2.16. The van der Waals surface area contributed by atoms with Gasteiger partial charge >= 0.3 is 11.9 Å². The fraction of sp³-hybridized carbons (Fsp3) is 0.538. The molecule has 2 N–H and O–H groups in total. The predicted molar refractivity (Wildman–Crippen MR) is 66.6 cm³/mol. The van der Waals surface area contributed by atoms with Crippen LogP contribution in [-0.2, 0) is 14.3 Å². The van der Waals surface area contributed by atoms with E-state index in [-0.39, 0.29) is 30.6 Å². The first-order valence-electron chi connectivity index (χ1n) is 5.79. The second kappa shape index (κ2) is 8.60. The van der Waals surface area contributed by atoms with Crippen molar-refractivity contribution >= 4 is 11.9 Å². The van der Waals surface area contributed by atoms with Crippen molar-refractivity contribution in [3.05, 3.63) is 24.3 Å². The van der Waals surface area contributed by atoms with E-state index in [2.05, 4.69) is 17.9 Å². The quantitative estimate of drug-likeness (QED) is 0.386. The lowest BCUT2D eigenvalue weighted by molar-refractivity contribution is -0.154. The number of carbonyl (C=O) groups is 2. The molecule has 0 saturated heterocycles. The van der Waals surface area contributed by atoms with Crippen LogP contribution in [0, 0.1) is 0 Å². The average Bonchev–Trinajstić information content (AvgIpc) is 2.32. The van der Waals surface area contributed by atoms with E-state index in [0.717, 1.165) is 0 Å². The highest BCUT2D eigenvalue weighted by molar-refractivity contribution is 6.01. The molecular weight excluding hydrogens is 236 g/mol. The number of aliphatic hydroxyl groups excluding tert-OH is 2. The van der Waals surface area contributed by atoms with Gasteiger partial charge in [0.1, 0.15) is 0 Å². The van der Waals surface area contributed by atoms with Crippen LogP contribution in [0.15, 0.2) is 24.3 Å². The summed E-state index contributed by atoms with van der Waals surface area (Å²) in [5.41, 5.74) is 0.278. The summed E-state index contributed by atoms with van der Waals surface area (Å²) < 4.78 is 4.56. The molecule has 0 spiro atoms. The molecule has 0 aromatic heterocycles. The highest BCUT2D eigenvalue weighted by Crippen LogP contribution is 2.10. The zero-order chi connectivity index (χ0) is 14.1. The van der Waals surface area contributed by atoms with E-state index in [9.17, 15) is 9.59 Å². The third-order valence-electron chi connectivity index (χ3n) is 2.26. The summed E-state index contributed by atoms with van der Waals surface area (Å²) in [6.07, 6.45) is 0.790. The Morgan fingerprint density at radius 3 is 2.11 bits per heavy atom. The summed E-state index contributed by atoms with van der Waals surface area (Å²) in [4.78, 5) is 22.8. The van der Waals surface area contributed by atoms with Gasteiger partial charge in [-0.05, 0) is 32.6 Å². The van der Waals surface area contributed by atoms with E-state index >= 15 is 0 Å². The zero-order valence-corrected chi connectivity index (χ0v) is 10.6. The van der Waals surface area contributed by atoms with Gasteiger partial charge in [-0.2, -0.15) is 0 Å². The van der Waals surface area contributed by atoms with Gasteiger partial charge in [0.25, 0.3) is 0 Å². The number of aliphatic hydroxyl groups is 2.